The summed E-state index contributed by atoms with van der Waals surface area (Å²) in [5, 5.41) is 0. The number of hydrogen-bond acceptors (Lipinski definition) is 4. The van der Waals surface area contributed by atoms with Crippen molar-refractivity contribution in [3.05, 3.63) is 95.1 Å². The lowest BCUT2D eigenvalue weighted by molar-refractivity contribution is 0.0720. The van der Waals surface area contributed by atoms with Gasteiger partial charge in [0.1, 0.15) is 11.5 Å². The summed E-state index contributed by atoms with van der Waals surface area (Å²) in [6.07, 6.45) is 11.9. The number of aryl methyl sites for hydroxylation is 2. The van der Waals surface area contributed by atoms with Crippen molar-refractivity contribution in [3.63, 3.8) is 0 Å². The topological polar surface area (TPSA) is 52.6 Å². The predicted octanol–water partition coefficient (Wildman–Crippen LogP) is 8.37. The summed E-state index contributed by atoms with van der Waals surface area (Å²) in [4.78, 5) is 25.0. The highest BCUT2D eigenvalue weighted by atomic mass is 16.5. The van der Waals surface area contributed by atoms with Crippen molar-refractivity contribution >= 4 is 11.9 Å². The Hall–Kier alpha value is -3.40. The highest BCUT2D eigenvalue weighted by Crippen LogP contribution is 2.19. The molecule has 36 heavy (non-hydrogen) atoms. The van der Waals surface area contributed by atoms with Crippen LogP contribution in [0.4, 0.5) is 0 Å². The van der Waals surface area contributed by atoms with Gasteiger partial charge < -0.3 is 9.47 Å². The molecule has 190 valence electrons. The average Bonchev–Trinajstić information content (AvgIpc) is 2.91. The first-order chi connectivity index (χ1) is 17.6. The molecule has 0 bridgehead atoms. The zero-order chi connectivity index (χ0) is 25.6. The maximum Gasteiger partial charge on any atom is 0.343 e. The number of benzene rings is 3. The predicted molar refractivity (Wildman–Crippen MR) is 145 cm³/mol. The van der Waals surface area contributed by atoms with E-state index >= 15 is 0 Å². The molecule has 0 saturated heterocycles. The highest BCUT2D eigenvalue weighted by Gasteiger charge is 2.13. The lowest BCUT2D eigenvalue weighted by Crippen LogP contribution is -2.11. The minimum atomic E-state index is -0.458. The van der Waals surface area contributed by atoms with Gasteiger partial charge in [0, 0.05) is 0 Å². The fourth-order valence-electron chi connectivity index (χ4n) is 4.03. The summed E-state index contributed by atoms with van der Waals surface area (Å²) in [7, 11) is 0. The standard InChI is InChI=1S/C32H38O4/c1-3-5-7-9-11-25-13-21-29(22-14-25)35-31(33)27-17-19-28(20-18-27)32(34)36-30-23-15-26(16-24-30)12-10-8-6-4-2/h13-24H,3-12H2,1-2H3. The van der Waals surface area contributed by atoms with E-state index in [2.05, 4.69) is 13.8 Å². The Labute approximate surface area is 215 Å². The van der Waals surface area contributed by atoms with E-state index in [9.17, 15) is 9.59 Å². The quantitative estimate of drug-likeness (QED) is 0.130. The molecule has 0 heterocycles. The second-order valence-electron chi connectivity index (χ2n) is 9.27. The van der Waals surface area contributed by atoms with Gasteiger partial charge in [-0.3, -0.25) is 0 Å². The van der Waals surface area contributed by atoms with Gasteiger partial charge >= 0.3 is 11.9 Å². The Bertz CT molecular complexity index is 978. The molecule has 0 amide bonds. The smallest absolute Gasteiger partial charge is 0.343 e. The Balaban J connectivity index is 1.48. The van der Waals surface area contributed by atoms with Crippen LogP contribution >= 0.6 is 0 Å². The molecule has 0 spiro atoms. The van der Waals surface area contributed by atoms with E-state index in [1.807, 2.05) is 48.5 Å². The van der Waals surface area contributed by atoms with Gasteiger partial charge in [-0.1, -0.05) is 76.6 Å². The lowest BCUT2D eigenvalue weighted by Gasteiger charge is -2.08. The number of carbonyl (C=O) groups is 2. The number of unbranched alkanes of at least 4 members (excludes halogenated alkanes) is 6. The fraction of sp³-hybridized carbons (Fsp3) is 0.375. The van der Waals surface area contributed by atoms with E-state index < -0.39 is 11.9 Å². The summed E-state index contributed by atoms with van der Waals surface area (Å²) in [5.74, 6) is 0.101. The molecular weight excluding hydrogens is 448 g/mol. The minimum Gasteiger partial charge on any atom is -0.423 e. The van der Waals surface area contributed by atoms with Crippen LogP contribution in [0.15, 0.2) is 72.8 Å². The van der Waals surface area contributed by atoms with Gasteiger partial charge in [-0.15, -0.1) is 0 Å². The third-order valence-corrected chi connectivity index (χ3v) is 6.26. The largest absolute Gasteiger partial charge is 0.423 e. The van der Waals surface area contributed by atoms with Crippen molar-refractivity contribution in [3.8, 4) is 11.5 Å². The third-order valence-electron chi connectivity index (χ3n) is 6.26. The summed E-state index contributed by atoms with van der Waals surface area (Å²) >= 11 is 0. The van der Waals surface area contributed by atoms with Crippen LogP contribution in [0.2, 0.25) is 0 Å². The van der Waals surface area contributed by atoms with E-state index in [0.717, 1.165) is 12.8 Å². The van der Waals surface area contributed by atoms with Crippen LogP contribution in [0.25, 0.3) is 0 Å². The highest BCUT2D eigenvalue weighted by molar-refractivity contribution is 5.94. The van der Waals surface area contributed by atoms with Crippen LogP contribution in [0.5, 0.6) is 11.5 Å². The van der Waals surface area contributed by atoms with E-state index in [1.54, 1.807) is 24.3 Å². The van der Waals surface area contributed by atoms with Gasteiger partial charge in [0.2, 0.25) is 0 Å². The molecule has 0 aliphatic rings. The molecule has 4 heteroatoms. The molecule has 3 rings (SSSR count). The van der Waals surface area contributed by atoms with Crippen molar-refractivity contribution in [2.24, 2.45) is 0 Å². The van der Waals surface area contributed by atoms with Gasteiger partial charge in [0.25, 0.3) is 0 Å². The lowest BCUT2D eigenvalue weighted by atomic mass is 10.1. The number of hydrogen-bond donors (Lipinski definition) is 0. The first-order valence-electron chi connectivity index (χ1n) is 13.3. The van der Waals surface area contributed by atoms with E-state index in [1.165, 1.54) is 62.5 Å². The number of rotatable bonds is 14. The maximum absolute atomic E-state index is 12.5. The molecule has 0 saturated carbocycles. The summed E-state index contributed by atoms with van der Waals surface area (Å²) < 4.78 is 11.0. The van der Waals surface area contributed by atoms with Crippen LogP contribution in [0.3, 0.4) is 0 Å². The second kappa shape index (κ2) is 14.9. The molecular formula is C32H38O4. The monoisotopic (exact) mass is 486 g/mol. The van der Waals surface area contributed by atoms with Crippen LogP contribution in [0, 0.1) is 0 Å². The van der Waals surface area contributed by atoms with Crippen molar-refractivity contribution in [2.45, 2.75) is 78.1 Å². The molecule has 0 aromatic heterocycles. The second-order valence-corrected chi connectivity index (χ2v) is 9.27. The molecule has 0 atom stereocenters. The molecule has 0 N–H and O–H groups in total. The number of esters is 2. The fourth-order valence-corrected chi connectivity index (χ4v) is 4.03. The van der Waals surface area contributed by atoms with E-state index in [-0.39, 0.29) is 0 Å². The summed E-state index contributed by atoms with van der Waals surface area (Å²) in [6, 6.07) is 21.7. The van der Waals surface area contributed by atoms with Gasteiger partial charge in [-0.05, 0) is 85.3 Å². The van der Waals surface area contributed by atoms with Gasteiger partial charge in [-0.25, -0.2) is 9.59 Å². The molecule has 0 aliphatic heterocycles. The number of ether oxygens (including phenoxy) is 2. The van der Waals surface area contributed by atoms with E-state index in [4.69, 9.17) is 9.47 Å². The summed E-state index contributed by atoms with van der Waals surface area (Å²) in [6.45, 7) is 4.41. The van der Waals surface area contributed by atoms with Crippen LogP contribution in [0.1, 0.15) is 97.1 Å². The zero-order valence-corrected chi connectivity index (χ0v) is 21.6. The van der Waals surface area contributed by atoms with Crippen molar-refractivity contribution in [1.82, 2.24) is 0 Å². The van der Waals surface area contributed by atoms with Crippen molar-refractivity contribution in [1.29, 1.82) is 0 Å². The van der Waals surface area contributed by atoms with Crippen molar-refractivity contribution in [2.75, 3.05) is 0 Å². The van der Waals surface area contributed by atoms with E-state index in [0.29, 0.717) is 22.6 Å². The number of carbonyl (C=O) groups excluding carboxylic acids is 2. The zero-order valence-electron chi connectivity index (χ0n) is 21.6. The minimum absolute atomic E-state index is 0.377. The molecule has 0 radical (unpaired) electrons. The first kappa shape index (κ1) is 27.2. The molecule has 3 aromatic carbocycles. The van der Waals surface area contributed by atoms with Crippen LogP contribution in [-0.4, -0.2) is 11.9 Å². The normalized spacial score (nSPS) is 10.7. The Morgan fingerprint density at radius 2 is 0.861 bits per heavy atom. The first-order valence-corrected chi connectivity index (χ1v) is 13.3. The maximum atomic E-state index is 12.5. The van der Waals surface area contributed by atoms with Gasteiger partial charge in [0.15, 0.2) is 0 Å². The van der Waals surface area contributed by atoms with Crippen molar-refractivity contribution < 1.29 is 19.1 Å². The average molecular weight is 487 g/mol. The molecule has 3 aromatic rings. The Kier molecular flexibility index (Phi) is 11.2. The van der Waals surface area contributed by atoms with Crippen LogP contribution < -0.4 is 9.47 Å². The SMILES string of the molecule is CCCCCCc1ccc(OC(=O)c2ccc(C(=O)Oc3ccc(CCCCCC)cc3)cc2)cc1. The van der Waals surface area contributed by atoms with Gasteiger partial charge in [0.05, 0.1) is 11.1 Å². The van der Waals surface area contributed by atoms with Gasteiger partial charge in [-0.2, -0.15) is 0 Å². The Morgan fingerprint density at radius 3 is 1.19 bits per heavy atom. The molecule has 4 nitrogen and oxygen atoms in total. The third kappa shape index (κ3) is 8.99. The summed E-state index contributed by atoms with van der Waals surface area (Å²) in [5.41, 5.74) is 3.25. The Morgan fingerprint density at radius 1 is 0.500 bits per heavy atom. The molecule has 0 unspecified atom stereocenters. The molecule has 0 fully saturated rings. The molecule has 0 aliphatic carbocycles. The van der Waals surface area contributed by atoms with Crippen LogP contribution in [-0.2, 0) is 12.8 Å².